The lowest BCUT2D eigenvalue weighted by molar-refractivity contribution is 0.302. The van der Waals surface area contributed by atoms with Crippen LogP contribution in [-0.2, 0) is 6.54 Å². The van der Waals surface area contributed by atoms with E-state index in [-0.39, 0.29) is 0 Å². The van der Waals surface area contributed by atoms with Crippen molar-refractivity contribution in [3.63, 3.8) is 0 Å². The summed E-state index contributed by atoms with van der Waals surface area (Å²) >= 11 is 0. The Bertz CT molecular complexity index is 901. The molecular weight excluding hydrogens is 324 g/mol. The summed E-state index contributed by atoms with van der Waals surface area (Å²) in [6.07, 6.45) is 1.69. The summed E-state index contributed by atoms with van der Waals surface area (Å²) in [5.41, 5.74) is 4.48. The van der Waals surface area contributed by atoms with E-state index in [1.807, 2.05) is 6.07 Å². The van der Waals surface area contributed by atoms with E-state index in [9.17, 15) is 0 Å². The maximum absolute atomic E-state index is 4.73. The van der Waals surface area contributed by atoms with Gasteiger partial charge in [-0.2, -0.15) is 0 Å². The van der Waals surface area contributed by atoms with Crippen molar-refractivity contribution in [3.8, 4) is 0 Å². The zero-order chi connectivity index (χ0) is 17.7. The van der Waals surface area contributed by atoms with Gasteiger partial charge in [-0.25, -0.2) is 15.0 Å². The molecule has 6 nitrogen and oxygen atoms in total. The molecular formula is C20H24N6. The SMILES string of the molecule is Cc1ncnc(N2CC3CN(Cc4nc5ccccc5[nH]4)CC3C2)c1C. The van der Waals surface area contributed by atoms with Crippen LogP contribution in [0.5, 0.6) is 0 Å². The summed E-state index contributed by atoms with van der Waals surface area (Å²) < 4.78 is 0. The van der Waals surface area contributed by atoms with E-state index in [0.29, 0.717) is 11.8 Å². The second-order valence-electron chi connectivity index (χ2n) is 7.73. The highest BCUT2D eigenvalue weighted by molar-refractivity contribution is 5.74. The van der Waals surface area contributed by atoms with Crippen molar-refractivity contribution in [2.45, 2.75) is 20.4 Å². The van der Waals surface area contributed by atoms with Crippen LogP contribution >= 0.6 is 0 Å². The Labute approximate surface area is 153 Å². The number of nitrogens with zero attached hydrogens (tertiary/aromatic N) is 5. The van der Waals surface area contributed by atoms with Gasteiger partial charge in [0.1, 0.15) is 18.0 Å². The van der Waals surface area contributed by atoms with Crippen LogP contribution in [0.2, 0.25) is 0 Å². The van der Waals surface area contributed by atoms with E-state index in [0.717, 1.165) is 61.1 Å². The van der Waals surface area contributed by atoms with Gasteiger partial charge >= 0.3 is 0 Å². The third-order valence-corrected chi connectivity index (χ3v) is 5.98. The number of rotatable bonds is 3. The van der Waals surface area contributed by atoms with Crippen LogP contribution in [0.3, 0.4) is 0 Å². The smallest absolute Gasteiger partial charge is 0.135 e. The molecule has 2 atom stereocenters. The lowest BCUT2D eigenvalue weighted by atomic mass is 10.0. The summed E-state index contributed by atoms with van der Waals surface area (Å²) in [6, 6.07) is 8.25. The monoisotopic (exact) mass is 348 g/mol. The molecule has 2 saturated heterocycles. The van der Waals surface area contributed by atoms with E-state index in [2.05, 4.69) is 56.8 Å². The van der Waals surface area contributed by atoms with Crippen molar-refractivity contribution < 1.29 is 0 Å². The number of aromatic nitrogens is 4. The van der Waals surface area contributed by atoms with Gasteiger partial charge in [-0.1, -0.05) is 12.1 Å². The molecule has 2 fully saturated rings. The van der Waals surface area contributed by atoms with Gasteiger partial charge in [-0.15, -0.1) is 0 Å². The molecule has 0 spiro atoms. The minimum absolute atomic E-state index is 0.717. The Kier molecular flexibility index (Phi) is 3.67. The maximum Gasteiger partial charge on any atom is 0.135 e. The highest BCUT2D eigenvalue weighted by Crippen LogP contribution is 2.35. The predicted octanol–water partition coefficient (Wildman–Crippen LogP) is 2.54. The first-order chi connectivity index (χ1) is 12.7. The van der Waals surface area contributed by atoms with Gasteiger partial charge in [0.05, 0.1) is 17.6 Å². The molecule has 2 aliphatic rings. The molecule has 6 heteroatoms. The quantitative estimate of drug-likeness (QED) is 0.788. The van der Waals surface area contributed by atoms with Crippen molar-refractivity contribution >= 4 is 16.9 Å². The first-order valence-electron chi connectivity index (χ1n) is 9.36. The number of benzene rings is 1. The fourth-order valence-electron chi connectivity index (χ4n) is 4.53. The predicted molar refractivity (Wildman–Crippen MR) is 102 cm³/mol. The maximum atomic E-state index is 4.73. The molecule has 4 heterocycles. The Morgan fingerprint density at radius 2 is 1.81 bits per heavy atom. The topological polar surface area (TPSA) is 60.9 Å². The largest absolute Gasteiger partial charge is 0.356 e. The number of aromatic amines is 1. The normalized spacial score (nSPS) is 23.1. The van der Waals surface area contributed by atoms with Gasteiger partial charge in [0.25, 0.3) is 0 Å². The average molecular weight is 348 g/mol. The lowest BCUT2D eigenvalue weighted by Crippen LogP contribution is -2.29. The minimum atomic E-state index is 0.717. The van der Waals surface area contributed by atoms with Crippen molar-refractivity contribution in [1.29, 1.82) is 0 Å². The van der Waals surface area contributed by atoms with Gasteiger partial charge in [0, 0.05) is 37.4 Å². The number of imidazole rings is 1. The third kappa shape index (κ3) is 2.65. The van der Waals surface area contributed by atoms with E-state index in [4.69, 9.17) is 4.98 Å². The molecule has 2 aromatic heterocycles. The summed E-state index contributed by atoms with van der Waals surface area (Å²) in [6.45, 7) is 9.58. The molecule has 0 radical (unpaired) electrons. The zero-order valence-electron chi connectivity index (χ0n) is 15.3. The highest BCUT2D eigenvalue weighted by Gasteiger charge is 2.40. The molecule has 2 unspecified atom stereocenters. The average Bonchev–Trinajstić information content (AvgIpc) is 3.29. The number of H-pyrrole nitrogens is 1. The van der Waals surface area contributed by atoms with E-state index in [1.165, 1.54) is 5.56 Å². The number of likely N-dealkylation sites (tertiary alicyclic amines) is 1. The van der Waals surface area contributed by atoms with E-state index in [1.54, 1.807) is 6.33 Å². The van der Waals surface area contributed by atoms with E-state index >= 15 is 0 Å². The number of hydrogen-bond acceptors (Lipinski definition) is 5. The van der Waals surface area contributed by atoms with Crippen LogP contribution in [0.15, 0.2) is 30.6 Å². The van der Waals surface area contributed by atoms with Crippen molar-refractivity contribution in [2.24, 2.45) is 11.8 Å². The molecule has 0 aliphatic carbocycles. The Balaban J connectivity index is 1.26. The molecule has 2 aliphatic heterocycles. The van der Waals surface area contributed by atoms with Crippen molar-refractivity contribution in [2.75, 3.05) is 31.1 Å². The molecule has 1 N–H and O–H groups in total. The Hall–Kier alpha value is -2.47. The standard InChI is InChI=1S/C20H24N6/c1-13-14(2)21-12-22-20(13)26-9-15-7-25(8-16(15)10-26)11-19-23-17-5-3-4-6-18(17)24-19/h3-6,12,15-16H,7-11H2,1-2H3,(H,23,24). The first-order valence-corrected chi connectivity index (χ1v) is 9.36. The van der Waals surface area contributed by atoms with Crippen LogP contribution in [0, 0.1) is 25.7 Å². The Morgan fingerprint density at radius 3 is 2.58 bits per heavy atom. The fourth-order valence-corrected chi connectivity index (χ4v) is 4.53. The summed E-state index contributed by atoms with van der Waals surface area (Å²) in [7, 11) is 0. The van der Waals surface area contributed by atoms with Gasteiger partial charge in [-0.05, 0) is 37.8 Å². The lowest BCUT2D eigenvalue weighted by Gasteiger charge is -2.23. The molecule has 3 aromatic rings. The fraction of sp³-hybridized carbons (Fsp3) is 0.450. The number of anilines is 1. The van der Waals surface area contributed by atoms with Crippen LogP contribution in [-0.4, -0.2) is 51.0 Å². The zero-order valence-corrected chi connectivity index (χ0v) is 15.3. The molecule has 0 saturated carbocycles. The van der Waals surface area contributed by atoms with Crippen molar-refractivity contribution in [1.82, 2.24) is 24.8 Å². The van der Waals surface area contributed by atoms with Gasteiger partial charge in [-0.3, -0.25) is 4.90 Å². The third-order valence-electron chi connectivity index (χ3n) is 5.98. The van der Waals surface area contributed by atoms with Crippen LogP contribution in [0.4, 0.5) is 5.82 Å². The van der Waals surface area contributed by atoms with E-state index < -0.39 is 0 Å². The number of nitrogens with one attached hydrogen (secondary N) is 1. The summed E-state index contributed by atoms with van der Waals surface area (Å²) in [4.78, 5) is 22.0. The first kappa shape index (κ1) is 15.8. The molecule has 5 rings (SSSR count). The van der Waals surface area contributed by atoms with Crippen LogP contribution in [0.1, 0.15) is 17.1 Å². The van der Waals surface area contributed by atoms with Crippen molar-refractivity contribution in [3.05, 3.63) is 47.7 Å². The molecule has 0 bridgehead atoms. The van der Waals surface area contributed by atoms with Crippen LogP contribution in [0.25, 0.3) is 11.0 Å². The summed E-state index contributed by atoms with van der Waals surface area (Å²) in [5, 5.41) is 0. The highest BCUT2D eigenvalue weighted by atomic mass is 15.3. The van der Waals surface area contributed by atoms with Gasteiger partial charge in [0.2, 0.25) is 0 Å². The number of para-hydroxylation sites is 2. The van der Waals surface area contributed by atoms with Gasteiger partial charge < -0.3 is 9.88 Å². The number of aryl methyl sites for hydroxylation is 1. The molecule has 0 amide bonds. The van der Waals surface area contributed by atoms with Gasteiger partial charge in [0.15, 0.2) is 0 Å². The second kappa shape index (κ2) is 6.06. The van der Waals surface area contributed by atoms with Crippen LogP contribution < -0.4 is 4.90 Å². The molecule has 1 aromatic carbocycles. The summed E-state index contributed by atoms with van der Waals surface area (Å²) in [5.74, 6) is 3.63. The molecule has 26 heavy (non-hydrogen) atoms. The second-order valence-corrected chi connectivity index (χ2v) is 7.73. The molecule has 134 valence electrons. The minimum Gasteiger partial charge on any atom is -0.356 e. The number of fused-ring (bicyclic) bond motifs is 2. The Morgan fingerprint density at radius 1 is 1.04 bits per heavy atom. The number of hydrogen-bond donors (Lipinski definition) is 1.